The molecule has 8 nitrogen and oxygen atoms in total. The third-order valence-electron chi connectivity index (χ3n) is 5.75. The summed E-state index contributed by atoms with van der Waals surface area (Å²) in [4.78, 5) is 4.93. The van der Waals surface area contributed by atoms with Crippen LogP contribution >= 0.6 is 0 Å². The smallest absolute Gasteiger partial charge is 0.146 e. The Hall–Kier alpha value is -1.77. The summed E-state index contributed by atoms with van der Waals surface area (Å²) in [6.07, 6.45) is 6.55. The molecule has 8 heteroatoms. The molecule has 1 atom stereocenters. The van der Waals surface area contributed by atoms with Crippen molar-refractivity contribution in [2.24, 2.45) is 7.05 Å². The van der Waals surface area contributed by atoms with E-state index in [4.69, 9.17) is 4.74 Å². The molecule has 0 spiro atoms. The molecule has 0 N–H and O–H groups in total. The molecule has 0 aliphatic carbocycles. The zero-order valence-electron chi connectivity index (χ0n) is 16.5. The summed E-state index contributed by atoms with van der Waals surface area (Å²) in [6.45, 7) is 10.6. The fraction of sp³-hybridized carbons (Fsp3) is 0.737. The van der Waals surface area contributed by atoms with Crippen molar-refractivity contribution in [2.75, 3.05) is 39.4 Å². The lowest BCUT2D eigenvalue weighted by molar-refractivity contribution is 0.0326. The first kappa shape index (κ1) is 18.6. The highest BCUT2D eigenvalue weighted by Gasteiger charge is 2.26. The lowest BCUT2D eigenvalue weighted by atomic mass is 9.97. The van der Waals surface area contributed by atoms with E-state index >= 15 is 0 Å². The van der Waals surface area contributed by atoms with Crippen LogP contribution in [0.5, 0.6) is 0 Å². The van der Waals surface area contributed by atoms with Gasteiger partial charge in [0.2, 0.25) is 0 Å². The predicted octanol–water partition coefficient (Wildman–Crippen LogP) is 1.24. The molecule has 2 aliphatic rings. The van der Waals surface area contributed by atoms with Crippen LogP contribution in [0.25, 0.3) is 0 Å². The van der Waals surface area contributed by atoms with Crippen molar-refractivity contribution < 1.29 is 4.74 Å². The molecule has 2 saturated heterocycles. The second kappa shape index (κ2) is 8.50. The SMILES string of the molecule is CCn1cc(CN2CCC[C@@H](c3nnc(CN4CCOCC4)n3C)C2)cn1. The van der Waals surface area contributed by atoms with Gasteiger partial charge in [0, 0.05) is 57.4 Å². The zero-order chi connectivity index (χ0) is 18.6. The van der Waals surface area contributed by atoms with Crippen LogP contribution in [-0.4, -0.2) is 73.7 Å². The Kier molecular flexibility index (Phi) is 5.85. The number of morpholine rings is 1. The van der Waals surface area contributed by atoms with E-state index in [-0.39, 0.29) is 0 Å². The van der Waals surface area contributed by atoms with Gasteiger partial charge >= 0.3 is 0 Å². The van der Waals surface area contributed by atoms with E-state index in [9.17, 15) is 0 Å². The Morgan fingerprint density at radius 3 is 2.74 bits per heavy atom. The highest BCUT2D eigenvalue weighted by molar-refractivity contribution is 5.07. The van der Waals surface area contributed by atoms with Crippen molar-refractivity contribution in [3.8, 4) is 0 Å². The standard InChI is InChI=1S/C19H31N7O/c1-3-26-13-16(11-20-26)12-25-6-4-5-17(14-25)19-22-21-18(23(19)2)15-24-7-9-27-10-8-24/h11,13,17H,3-10,12,14-15H2,1-2H3/t17-/m1/s1. The normalized spacial score (nSPS) is 22.4. The van der Waals surface area contributed by atoms with Crippen molar-refractivity contribution in [1.82, 2.24) is 34.3 Å². The first-order valence-electron chi connectivity index (χ1n) is 10.1. The number of ether oxygens (including phenoxy) is 1. The summed E-state index contributed by atoms with van der Waals surface area (Å²) in [5.41, 5.74) is 1.29. The van der Waals surface area contributed by atoms with Crippen molar-refractivity contribution in [3.63, 3.8) is 0 Å². The van der Waals surface area contributed by atoms with Crippen LogP contribution in [0.4, 0.5) is 0 Å². The molecule has 0 radical (unpaired) electrons. The molecular formula is C19H31N7O. The van der Waals surface area contributed by atoms with E-state index < -0.39 is 0 Å². The summed E-state index contributed by atoms with van der Waals surface area (Å²) in [6, 6.07) is 0. The predicted molar refractivity (Wildman–Crippen MR) is 102 cm³/mol. The average molecular weight is 374 g/mol. The first-order chi connectivity index (χ1) is 13.2. The molecule has 0 amide bonds. The Balaban J connectivity index is 1.39. The maximum Gasteiger partial charge on any atom is 0.146 e. The van der Waals surface area contributed by atoms with Crippen LogP contribution in [-0.2, 0) is 31.4 Å². The van der Waals surface area contributed by atoms with Gasteiger partial charge in [-0.3, -0.25) is 14.5 Å². The minimum Gasteiger partial charge on any atom is -0.379 e. The lowest BCUT2D eigenvalue weighted by Crippen LogP contribution is -2.36. The number of hydrogen-bond acceptors (Lipinski definition) is 6. The van der Waals surface area contributed by atoms with Crippen LogP contribution in [0.3, 0.4) is 0 Å². The molecule has 2 aliphatic heterocycles. The van der Waals surface area contributed by atoms with Gasteiger partial charge in [-0.1, -0.05) is 0 Å². The summed E-state index contributed by atoms with van der Waals surface area (Å²) in [7, 11) is 2.12. The number of hydrogen-bond donors (Lipinski definition) is 0. The molecular weight excluding hydrogens is 342 g/mol. The number of likely N-dealkylation sites (tertiary alicyclic amines) is 1. The number of nitrogens with zero attached hydrogens (tertiary/aromatic N) is 7. The number of piperidine rings is 1. The maximum absolute atomic E-state index is 5.44. The van der Waals surface area contributed by atoms with Crippen molar-refractivity contribution in [3.05, 3.63) is 29.6 Å². The largest absolute Gasteiger partial charge is 0.379 e. The van der Waals surface area contributed by atoms with Crippen LogP contribution in [0.15, 0.2) is 12.4 Å². The maximum atomic E-state index is 5.44. The molecule has 0 saturated carbocycles. The van der Waals surface area contributed by atoms with Gasteiger partial charge in [0.05, 0.1) is 26.0 Å². The second-order valence-electron chi connectivity index (χ2n) is 7.70. The van der Waals surface area contributed by atoms with Gasteiger partial charge in [-0.15, -0.1) is 10.2 Å². The quantitative estimate of drug-likeness (QED) is 0.759. The summed E-state index contributed by atoms with van der Waals surface area (Å²) >= 11 is 0. The molecule has 4 rings (SSSR count). The highest BCUT2D eigenvalue weighted by Crippen LogP contribution is 2.27. The average Bonchev–Trinajstić information content (AvgIpc) is 3.30. The highest BCUT2D eigenvalue weighted by atomic mass is 16.5. The Morgan fingerprint density at radius 2 is 1.96 bits per heavy atom. The van der Waals surface area contributed by atoms with Gasteiger partial charge in [0.25, 0.3) is 0 Å². The van der Waals surface area contributed by atoms with Crippen molar-refractivity contribution in [2.45, 2.75) is 45.3 Å². The molecule has 2 aromatic heterocycles. The second-order valence-corrected chi connectivity index (χ2v) is 7.70. The summed E-state index contributed by atoms with van der Waals surface area (Å²) in [5, 5.41) is 13.5. The summed E-state index contributed by atoms with van der Waals surface area (Å²) < 4.78 is 9.66. The van der Waals surface area contributed by atoms with Crippen molar-refractivity contribution in [1.29, 1.82) is 0 Å². The minimum atomic E-state index is 0.455. The van der Waals surface area contributed by atoms with Crippen LogP contribution in [0.2, 0.25) is 0 Å². The Labute approximate surface area is 161 Å². The van der Waals surface area contributed by atoms with Crippen molar-refractivity contribution >= 4 is 0 Å². The number of aryl methyl sites for hydroxylation is 1. The number of rotatable bonds is 6. The number of aromatic nitrogens is 5. The molecule has 27 heavy (non-hydrogen) atoms. The van der Waals surface area contributed by atoms with E-state index in [1.54, 1.807) is 0 Å². The van der Waals surface area contributed by atoms with Gasteiger partial charge in [-0.05, 0) is 26.3 Å². The lowest BCUT2D eigenvalue weighted by Gasteiger charge is -2.32. The third-order valence-corrected chi connectivity index (χ3v) is 5.75. The van der Waals surface area contributed by atoms with Crippen LogP contribution < -0.4 is 0 Å². The molecule has 2 fully saturated rings. The van der Waals surface area contributed by atoms with E-state index in [0.29, 0.717) is 5.92 Å². The first-order valence-corrected chi connectivity index (χ1v) is 10.1. The van der Waals surface area contributed by atoms with E-state index in [1.165, 1.54) is 18.4 Å². The van der Waals surface area contributed by atoms with E-state index in [2.05, 4.69) is 49.8 Å². The van der Waals surface area contributed by atoms with Gasteiger partial charge in [0.1, 0.15) is 11.6 Å². The monoisotopic (exact) mass is 373 g/mol. The van der Waals surface area contributed by atoms with Crippen LogP contribution in [0, 0.1) is 0 Å². The molecule has 0 unspecified atom stereocenters. The zero-order valence-corrected chi connectivity index (χ0v) is 16.5. The van der Waals surface area contributed by atoms with Gasteiger partial charge in [0.15, 0.2) is 0 Å². The molecule has 0 bridgehead atoms. The molecule has 148 valence electrons. The fourth-order valence-electron chi connectivity index (χ4n) is 4.16. The van der Waals surface area contributed by atoms with Crippen LogP contribution in [0.1, 0.15) is 42.9 Å². The topological polar surface area (TPSA) is 64.2 Å². The Bertz CT molecular complexity index is 734. The third kappa shape index (κ3) is 4.39. The van der Waals surface area contributed by atoms with Gasteiger partial charge < -0.3 is 9.30 Å². The molecule has 4 heterocycles. The molecule has 0 aromatic carbocycles. The van der Waals surface area contributed by atoms with Gasteiger partial charge in [-0.25, -0.2) is 0 Å². The van der Waals surface area contributed by atoms with Gasteiger partial charge in [-0.2, -0.15) is 5.10 Å². The summed E-state index contributed by atoms with van der Waals surface area (Å²) in [5.74, 6) is 2.65. The molecule has 2 aromatic rings. The Morgan fingerprint density at radius 1 is 1.11 bits per heavy atom. The fourth-order valence-corrected chi connectivity index (χ4v) is 4.16. The minimum absolute atomic E-state index is 0.455. The van der Waals surface area contributed by atoms with E-state index in [1.807, 2.05) is 10.9 Å². The van der Waals surface area contributed by atoms with E-state index in [0.717, 1.165) is 70.7 Å².